The van der Waals surface area contributed by atoms with Gasteiger partial charge in [-0.2, -0.15) is 0 Å². The van der Waals surface area contributed by atoms with Gasteiger partial charge in [0.2, 0.25) is 0 Å². The molecule has 4 nitrogen and oxygen atoms in total. The van der Waals surface area contributed by atoms with Crippen molar-refractivity contribution in [1.82, 2.24) is 4.90 Å². The SMILES string of the molecule is CC(C)(C)[Si](C)(C)OCOC(=O)N1CC2C(C1)C2(Cl)Cl. The smallest absolute Gasteiger partial charge is 0.411 e. The van der Waals surface area contributed by atoms with Crippen molar-refractivity contribution in [2.24, 2.45) is 11.8 Å². The summed E-state index contributed by atoms with van der Waals surface area (Å²) < 4.78 is 10.4. The first kappa shape index (κ1) is 16.4. The first-order valence-corrected chi connectivity index (χ1v) is 10.6. The maximum Gasteiger partial charge on any atom is 0.411 e. The van der Waals surface area contributed by atoms with E-state index in [1.807, 2.05) is 0 Å². The minimum absolute atomic E-state index is 0.0219. The quantitative estimate of drug-likeness (QED) is 0.445. The first-order valence-electron chi connectivity index (χ1n) is 6.90. The van der Waals surface area contributed by atoms with Gasteiger partial charge in [-0.05, 0) is 18.1 Å². The van der Waals surface area contributed by atoms with Crippen molar-refractivity contribution in [2.75, 3.05) is 19.9 Å². The molecular formula is C13H23Cl2NO3Si. The second kappa shape index (κ2) is 5.04. The van der Waals surface area contributed by atoms with Crippen molar-refractivity contribution in [3.05, 3.63) is 0 Å². The highest BCUT2D eigenvalue weighted by molar-refractivity contribution is 6.74. The number of hydrogen-bond donors (Lipinski definition) is 0. The van der Waals surface area contributed by atoms with Gasteiger partial charge in [0.1, 0.15) is 4.33 Å². The predicted molar refractivity (Wildman–Crippen MR) is 82.6 cm³/mol. The molecule has 1 heterocycles. The van der Waals surface area contributed by atoms with E-state index in [1.165, 1.54) is 0 Å². The lowest BCUT2D eigenvalue weighted by molar-refractivity contribution is 0.0301. The fraction of sp³-hybridized carbons (Fsp3) is 0.923. The van der Waals surface area contributed by atoms with Gasteiger partial charge in [-0.15, -0.1) is 23.2 Å². The Kier molecular flexibility index (Phi) is 4.13. The maximum atomic E-state index is 11.9. The van der Waals surface area contributed by atoms with Crippen molar-refractivity contribution in [3.63, 3.8) is 0 Å². The maximum absolute atomic E-state index is 11.9. The van der Waals surface area contributed by atoms with Gasteiger partial charge < -0.3 is 14.1 Å². The molecule has 0 spiro atoms. The van der Waals surface area contributed by atoms with Crippen LogP contribution in [0.25, 0.3) is 0 Å². The van der Waals surface area contributed by atoms with Crippen molar-refractivity contribution in [1.29, 1.82) is 0 Å². The molecule has 0 aromatic carbocycles. The molecule has 2 unspecified atom stereocenters. The van der Waals surface area contributed by atoms with Crippen LogP contribution in [-0.4, -0.2) is 43.5 Å². The Morgan fingerprint density at radius 3 is 2.25 bits per heavy atom. The molecule has 1 saturated heterocycles. The molecule has 7 heteroatoms. The third-order valence-corrected chi connectivity index (χ3v) is 10.4. The van der Waals surface area contributed by atoms with E-state index in [-0.39, 0.29) is 29.8 Å². The average Bonchev–Trinajstić information content (AvgIpc) is 2.67. The number of piperidine rings is 1. The summed E-state index contributed by atoms with van der Waals surface area (Å²) in [6, 6.07) is 0. The number of rotatable bonds is 3. The van der Waals surface area contributed by atoms with Crippen LogP contribution in [0.2, 0.25) is 18.1 Å². The summed E-state index contributed by atoms with van der Waals surface area (Å²) in [5.41, 5.74) is 0. The van der Waals surface area contributed by atoms with E-state index in [0.717, 1.165) is 0 Å². The third-order valence-electron chi connectivity index (χ3n) is 4.87. The zero-order chi connectivity index (χ0) is 15.3. The Bertz CT molecular complexity index is 395. The van der Waals surface area contributed by atoms with Crippen LogP contribution in [0.15, 0.2) is 0 Å². The molecule has 1 amide bonds. The number of carbonyl (C=O) groups excluding carboxylic acids is 1. The third kappa shape index (κ3) is 2.96. The summed E-state index contributed by atoms with van der Waals surface area (Å²) in [5.74, 6) is 0.388. The van der Waals surface area contributed by atoms with Gasteiger partial charge in [0.15, 0.2) is 15.1 Å². The Balaban J connectivity index is 1.73. The fourth-order valence-electron chi connectivity index (χ4n) is 2.19. The Labute approximate surface area is 131 Å². The summed E-state index contributed by atoms with van der Waals surface area (Å²) >= 11 is 12.1. The number of halogens is 2. The molecule has 20 heavy (non-hydrogen) atoms. The van der Waals surface area contributed by atoms with E-state index in [1.54, 1.807) is 4.90 Å². The zero-order valence-electron chi connectivity index (χ0n) is 12.7. The van der Waals surface area contributed by atoms with Crippen molar-refractivity contribution in [2.45, 2.75) is 43.2 Å². The zero-order valence-corrected chi connectivity index (χ0v) is 15.2. The average molecular weight is 340 g/mol. The highest BCUT2D eigenvalue weighted by Gasteiger charge is 2.68. The number of carbonyl (C=O) groups is 1. The monoisotopic (exact) mass is 339 g/mol. The molecule has 1 aliphatic carbocycles. The largest absolute Gasteiger partial charge is 0.423 e. The molecule has 116 valence electrons. The Hall–Kier alpha value is 0.0269. The highest BCUT2D eigenvalue weighted by Crippen LogP contribution is 2.62. The van der Waals surface area contributed by atoms with Crippen LogP contribution in [-0.2, 0) is 9.16 Å². The number of alkyl halides is 2. The van der Waals surface area contributed by atoms with Crippen LogP contribution in [0.1, 0.15) is 20.8 Å². The molecule has 0 radical (unpaired) electrons. The lowest BCUT2D eigenvalue weighted by atomic mass is 10.2. The number of nitrogens with zero attached hydrogens (tertiary/aromatic N) is 1. The molecule has 0 aromatic heterocycles. The first-order chi connectivity index (χ1) is 8.97. The van der Waals surface area contributed by atoms with Gasteiger partial charge >= 0.3 is 6.09 Å². The molecule has 2 aliphatic rings. The topological polar surface area (TPSA) is 38.8 Å². The summed E-state index contributed by atoms with van der Waals surface area (Å²) in [6.45, 7) is 11.9. The summed E-state index contributed by atoms with van der Waals surface area (Å²) in [5, 5.41) is 0.103. The number of amides is 1. The Morgan fingerprint density at radius 2 is 1.80 bits per heavy atom. The van der Waals surface area contributed by atoms with Crippen LogP contribution < -0.4 is 0 Å². The van der Waals surface area contributed by atoms with Gasteiger partial charge in [-0.25, -0.2) is 4.79 Å². The summed E-state index contributed by atoms with van der Waals surface area (Å²) in [7, 11) is -1.88. The molecule has 0 N–H and O–H groups in total. The van der Waals surface area contributed by atoms with Gasteiger partial charge in [-0.1, -0.05) is 20.8 Å². The summed E-state index contributed by atoms with van der Waals surface area (Å²) in [6.07, 6.45) is -0.333. The fourth-order valence-corrected chi connectivity index (χ4v) is 3.74. The van der Waals surface area contributed by atoms with Gasteiger partial charge in [0.05, 0.1) is 0 Å². The van der Waals surface area contributed by atoms with E-state index >= 15 is 0 Å². The van der Waals surface area contributed by atoms with Crippen molar-refractivity contribution in [3.8, 4) is 0 Å². The Morgan fingerprint density at radius 1 is 1.30 bits per heavy atom. The van der Waals surface area contributed by atoms with Crippen molar-refractivity contribution >= 4 is 37.6 Å². The predicted octanol–water partition coefficient (Wildman–Crippen LogP) is 3.84. The van der Waals surface area contributed by atoms with E-state index in [0.29, 0.717) is 13.1 Å². The van der Waals surface area contributed by atoms with Crippen LogP contribution in [0, 0.1) is 11.8 Å². The van der Waals surface area contributed by atoms with Crippen LogP contribution in [0.5, 0.6) is 0 Å². The molecule has 2 atom stereocenters. The molecular weight excluding hydrogens is 317 g/mol. The molecule has 2 fully saturated rings. The van der Waals surface area contributed by atoms with Crippen molar-refractivity contribution < 1.29 is 14.0 Å². The van der Waals surface area contributed by atoms with E-state index < -0.39 is 12.7 Å². The molecule has 2 rings (SSSR count). The lowest BCUT2D eigenvalue weighted by Crippen LogP contribution is -2.42. The highest BCUT2D eigenvalue weighted by atomic mass is 35.5. The van der Waals surface area contributed by atoms with E-state index in [9.17, 15) is 4.79 Å². The normalized spacial score (nSPS) is 28.2. The van der Waals surface area contributed by atoms with Gasteiger partial charge in [0, 0.05) is 24.9 Å². The van der Waals surface area contributed by atoms with Crippen LogP contribution >= 0.6 is 23.2 Å². The number of ether oxygens (including phenoxy) is 1. The van der Waals surface area contributed by atoms with E-state index in [2.05, 4.69) is 33.9 Å². The molecule has 0 aromatic rings. The lowest BCUT2D eigenvalue weighted by Gasteiger charge is -2.35. The number of hydrogen-bond acceptors (Lipinski definition) is 3. The van der Waals surface area contributed by atoms with Gasteiger partial charge in [0.25, 0.3) is 0 Å². The van der Waals surface area contributed by atoms with Crippen LogP contribution in [0.4, 0.5) is 4.79 Å². The number of likely N-dealkylation sites (tertiary alicyclic amines) is 1. The number of fused-ring (bicyclic) bond motifs is 1. The summed E-state index contributed by atoms with van der Waals surface area (Å²) in [4.78, 5) is 13.6. The van der Waals surface area contributed by atoms with E-state index in [4.69, 9.17) is 32.4 Å². The minimum Gasteiger partial charge on any atom is -0.423 e. The molecule has 1 aliphatic heterocycles. The molecule has 1 saturated carbocycles. The molecule has 0 bridgehead atoms. The minimum atomic E-state index is -1.88. The van der Waals surface area contributed by atoms with Crippen LogP contribution in [0.3, 0.4) is 0 Å². The van der Waals surface area contributed by atoms with Gasteiger partial charge in [-0.3, -0.25) is 0 Å². The standard InChI is InChI=1S/C13H23Cl2NO3Si/c1-12(2,3)20(4,5)19-8-18-11(17)16-6-9-10(7-16)13(9,14)15/h9-10H,6-8H2,1-5H3. The second-order valence-electron chi connectivity index (χ2n) is 7.23. The second-order valence-corrected chi connectivity index (χ2v) is 13.5.